The highest BCUT2D eigenvalue weighted by Crippen LogP contribution is 2.23. The zero-order chi connectivity index (χ0) is 15.4. The van der Waals surface area contributed by atoms with E-state index in [0.29, 0.717) is 35.7 Å². The molecule has 1 atom stereocenters. The number of halogens is 1. The molecule has 1 aromatic heterocycles. The van der Waals surface area contributed by atoms with Crippen LogP contribution in [0.15, 0.2) is 28.8 Å². The van der Waals surface area contributed by atoms with E-state index < -0.39 is 0 Å². The summed E-state index contributed by atoms with van der Waals surface area (Å²) in [6, 6.07) is 7.48. The van der Waals surface area contributed by atoms with E-state index in [1.165, 1.54) is 0 Å². The third kappa shape index (κ3) is 3.76. The topological polar surface area (TPSA) is 60.6 Å². The Morgan fingerprint density at radius 2 is 2.27 bits per heavy atom. The Morgan fingerprint density at radius 3 is 3.05 bits per heavy atom. The molecule has 0 unspecified atom stereocenters. The second kappa shape index (κ2) is 7.09. The third-order valence-electron chi connectivity index (χ3n) is 3.48. The normalized spacial score (nSPS) is 19.3. The Bertz CT molecular complexity index is 620. The minimum Gasteiger partial charge on any atom is -0.491 e. The van der Waals surface area contributed by atoms with Gasteiger partial charge in [-0.05, 0) is 12.1 Å². The lowest BCUT2D eigenvalue weighted by molar-refractivity contribution is -0.0379. The fraction of sp³-hybridized carbons (Fsp3) is 0.467. The Hall–Kier alpha value is -1.63. The summed E-state index contributed by atoms with van der Waals surface area (Å²) < 4.78 is 16.4. The first-order valence-electron chi connectivity index (χ1n) is 7.24. The molecule has 6 nitrogen and oxygen atoms in total. The number of benzene rings is 1. The van der Waals surface area contributed by atoms with Crippen LogP contribution in [0.2, 0.25) is 5.02 Å². The molecule has 1 aliphatic rings. The van der Waals surface area contributed by atoms with Crippen molar-refractivity contribution in [3.8, 4) is 5.75 Å². The standard InChI is InChI=1S/C15H18ClN3O3/c1-11-17-15(18-22-11)14-10-19(7-9-21-14)6-8-20-13-5-3-2-4-12(13)16/h2-5,14H,6-10H2,1H3/t14-/m0/s1. The van der Waals surface area contributed by atoms with E-state index >= 15 is 0 Å². The number of hydrogen-bond acceptors (Lipinski definition) is 6. The predicted octanol–water partition coefficient (Wildman–Crippen LogP) is 2.48. The van der Waals surface area contributed by atoms with Crippen molar-refractivity contribution >= 4 is 11.6 Å². The summed E-state index contributed by atoms with van der Waals surface area (Å²) in [6.45, 7) is 5.37. The smallest absolute Gasteiger partial charge is 0.223 e. The van der Waals surface area contributed by atoms with Gasteiger partial charge in [0.05, 0.1) is 11.6 Å². The number of morpholine rings is 1. The number of rotatable bonds is 5. The number of aromatic nitrogens is 2. The van der Waals surface area contributed by atoms with Crippen molar-refractivity contribution in [3.05, 3.63) is 41.0 Å². The van der Waals surface area contributed by atoms with Crippen LogP contribution in [0, 0.1) is 6.92 Å². The van der Waals surface area contributed by atoms with Gasteiger partial charge in [0.2, 0.25) is 11.7 Å². The van der Waals surface area contributed by atoms with E-state index in [9.17, 15) is 0 Å². The molecular formula is C15H18ClN3O3. The van der Waals surface area contributed by atoms with Crippen molar-refractivity contribution in [3.63, 3.8) is 0 Å². The molecule has 0 bridgehead atoms. The number of aryl methyl sites for hydroxylation is 1. The largest absolute Gasteiger partial charge is 0.491 e. The summed E-state index contributed by atoms with van der Waals surface area (Å²) in [4.78, 5) is 6.49. The molecule has 22 heavy (non-hydrogen) atoms. The highest BCUT2D eigenvalue weighted by atomic mass is 35.5. The Morgan fingerprint density at radius 1 is 1.41 bits per heavy atom. The van der Waals surface area contributed by atoms with Gasteiger partial charge in [-0.25, -0.2) is 0 Å². The summed E-state index contributed by atoms with van der Waals surface area (Å²) >= 11 is 6.07. The molecule has 0 saturated carbocycles. The van der Waals surface area contributed by atoms with Crippen molar-refractivity contribution in [1.29, 1.82) is 0 Å². The molecule has 0 radical (unpaired) electrons. The maximum atomic E-state index is 6.07. The maximum Gasteiger partial charge on any atom is 0.223 e. The molecule has 2 heterocycles. The molecule has 3 rings (SSSR count). The summed E-state index contributed by atoms with van der Waals surface area (Å²) in [6.07, 6.45) is -0.147. The van der Waals surface area contributed by atoms with Crippen molar-refractivity contribution in [2.45, 2.75) is 13.0 Å². The molecule has 2 aromatic rings. The van der Waals surface area contributed by atoms with Gasteiger partial charge in [0.1, 0.15) is 18.5 Å². The van der Waals surface area contributed by atoms with Crippen LogP contribution >= 0.6 is 11.6 Å². The minimum absolute atomic E-state index is 0.147. The zero-order valence-electron chi connectivity index (χ0n) is 12.4. The molecule has 0 N–H and O–H groups in total. The molecule has 1 aromatic carbocycles. The SMILES string of the molecule is Cc1nc([C@@H]2CN(CCOc3ccccc3Cl)CCO2)no1. The fourth-order valence-corrected chi connectivity index (χ4v) is 2.54. The van der Waals surface area contributed by atoms with E-state index in [0.717, 1.165) is 19.6 Å². The van der Waals surface area contributed by atoms with Crippen LogP contribution in [-0.4, -0.2) is 47.9 Å². The average molecular weight is 324 g/mol. The van der Waals surface area contributed by atoms with Crippen molar-refractivity contribution in [1.82, 2.24) is 15.0 Å². The van der Waals surface area contributed by atoms with Crippen molar-refractivity contribution in [2.24, 2.45) is 0 Å². The highest BCUT2D eigenvalue weighted by Gasteiger charge is 2.25. The first kappa shape index (κ1) is 15.3. The van der Waals surface area contributed by atoms with Crippen LogP contribution in [0.3, 0.4) is 0 Å². The average Bonchev–Trinajstić information content (AvgIpc) is 2.96. The molecule has 1 aliphatic heterocycles. The summed E-state index contributed by atoms with van der Waals surface area (Å²) in [5.74, 6) is 1.87. The van der Waals surface area contributed by atoms with Gasteiger partial charge in [-0.15, -0.1) is 0 Å². The lowest BCUT2D eigenvalue weighted by Crippen LogP contribution is -2.40. The quantitative estimate of drug-likeness (QED) is 0.842. The van der Waals surface area contributed by atoms with Gasteiger partial charge >= 0.3 is 0 Å². The molecule has 0 spiro atoms. The molecule has 118 valence electrons. The maximum absolute atomic E-state index is 6.07. The molecular weight excluding hydrogens is 306 g/mol. The summed E-state index contributed by atoms with van der Waals surface area (Å²) in [5, 5.41) is 4.56. The number of ether oxygens (including phenoxy) is 2. The number of para-hydroxylation sites is 1. The Kier molecular flexibility index (Phi) is 4.92. The van der Waals surface area contributed by atoms with Gasteiger partial charge in [0.15, 0.2) is 0 Å². The van der Waals surface area contributed by atoms with Gasteiger partial charge in [-0.1, -0.05) is 28.9 Å². The van der Waals surface area contributed by atoms with Crippen LogP contribution in [0.4, 0.5) is 0 Å². The van der Waals surface area contributed by atoms with Crippen molar-refractivity contribution < 1.29 is 14.0 Å². The van der Waals surface area contributed by atoms with Crippen LogP contribution in [0.5, 0.6) is 5.75 Å². The van der Waals surface area contributed by atoms with E-state index in [4.69, 9.17) is 25.6 Å². The fourth-order valence-electron chi connectivity index (χ4n) is 2.35. The Labute approximate surface area is 134 Å². The highest BCUT2D eigenvalue weighted by molar-refractivity contribution is 6.32. The number of hydrogen-bond donors (Lipinski definition) is 0. The zero-order valence-corrected chi connectivity index (χ0v) is 13.1. The van der Waals surface area contributed by atoms with Gasteiger partial charge in [0.25, 0.3) is 0 Å². The van der Waals surface area contributed by atoms with Crippen LogP contribution in [0.25, 0.3) is 0 Å². The van der Waals surface area contributed by atoms with Gasteiger partial charge in [-0.2, -0.15) is 4.98 Å². The van der Waals surface area contributed by atoms with E-state index in [1.54, 1.807) is 6.92 Å². The molecule has 1 saturated heterocycles. The van der Waals surface area contributed by atoms with Gasteiger partial charge < -0.3 is 14.0 Å². The molecule has 0 amide bonds. The monoisotopic (exact) mass is 323 g/mol. The summed E-state index contributed by atoms with van der Waals surface area (Å²) in [7, 11) is 0. The van der Waals surface area contributed by atoms with Crippen LogP contribution in [0.1, 0.15) is 17.8 Å². The second-order valence-corrected chi connectivity index (χ2v) is 5.52. The first-order chi connectivity index (χ1) is 10.7. The first-order valence-corrected chi connectivity index (χ1v) is 7.61. The molecule has 1 fully saturated rings. The van der Waals surface area contributed by atoms with E-state index in [1.807, 2.05) is 24.3 Å². The van der Waals surface area contributed by atoms with Gasteiger partial charge in [0, 0.05) is 26.6 Å². The summed E-state index contributed by atoms with van der Waals surface area (Å²) in [5.41, 5.74) is 0. The van der Waals surface area contributed by atoms with Crippen LogP contribution in [-0.2, 0) is 4.74 Å². The second-order valence-electron chi connectivity index (χ2n) is 5.11. The lowest BCUT2D eigenvalue weighted by Gasteiger charge is -2.31. The van der Waals surface area contributed by atoms with Crippen molar-refractivity contribution in [2.75, 3.05) is 32.8 Å². The predicted molar refractivity (Wildman–Crippen MR) is 81.1 cm³/mol. The lowest BCUT2D eigenvalue weighted by atomic mass is 10.2. The minimum atomic E-state index is -0.147. The van der Waals surface area contributed by atoms with Crippen LogP contribution < -0.4 is 4.74 Å². The van der Waals surface area contributed by atoms with E-state index in [2.05, 4.69) is 15.0 Å². The molecule has 0 aliphatic carbocycles. The number of nitrogens with zero attached hydrogens (tertiary/aromatic N) is 3. The molecule has 7 heteroatoms. The third-order valence-corrected chi connectivity index (χ3v) is 3.80. The Balaban J connectivity index is 1.49. The van der Waals surface area contributed by atoms with Gasteiger partial charge in [-0.3, -0.25) is 4.90 Å². The van der Waals surface area contributed by atoms with E-state index in [-0.39, 0.29) is 6.10 Å².